The largest absolute Gasteiger partial charge is 1.00 e. The van der Waals surface area contributed by atoms with Gasteiger partial charge < -0.3 is 49.6 Å². The van der Waals surface area contributed by atoms with Crippen molar-refractivity contribution in [2.75, 3.05) is 34.0 Å². The number of anilines is 6. The van der Waals surface area contributed by atoms with Gasteiger partial charge in [0.05, 0.1) is 52.4 Å². The Morgan fingerprint density at radius 2 is 1.05 bits per heavy atom. The van der Waals surface area contributed by atoms with E-state index >= 15 is 0 Å². The number of hydrogen-bond acceptors (Lipinski definition) is 30. The quantitative estimate of drug-likeness (QED) is 0.0126. The summed E-state index contributed by atoms with van der Waals surface area (Å²) in [7, 11) is -31.8. The zero-order valence-corrected chi connectivity index (χ0v) is 58.4. The number of rotatable bonds is 19. The van der Waals surface area contributed by atoms with E-state index in [4.69, 9.17) is 17.3 Å². The molecule has 1 heterocycles. The summed E-state index contributed by atoms with van der Waals surface area (Å²) in [6.07, 6.45) is 0. The fourth-order valence-electron chi connectivity index (χ4n) is 6.10. The molecule has 0 spiro atoms. The van der Waals surface area contributed by atoms with Gasteiger partial charge in [-0.2, -0.15) is 15.0 Å². The molecule has 1 aromatic heterocycles. The normalized spacial score (nSPS) is 12.0. The monoisotopic (exact) mass is 1350 g/mol. The van der Waals surface area contributed by atoms with Crippen LogP contribution in [0.1, 0.15) is 0 Å². The SMILES string of the molecule is C=C(Br)C(=O)Nc1ccc(S(=O)(=O)[O-])c(N=Nc2c(S(=O)(=O)[O-])cc3cc(S(=O)(=O)[O-])c(N=Nc4cc(Nc5nc(Cl)nc(Nc6ccc(S(=O)(=O)CCOS(=O)(=O)[O-])cc6)n5)ccc4S(=O)(=O)[O-])c(O)c3c2N)c1.[Na+].[Na+].[Na+].[Na+].[Na+]. The molecule has 80 heavy (non-hydrogen) atoms. The van der Waals surface area contributed by atoms with Gasteiger partial charge in [-0.05, 0) is 106 Å². The van der Waals surface area contributed by atoms with Gasteiger partial charge in [-0.15, -0.1) is 20.5 Å². The van der Waals surface area contributed by atoms with Crippen molar-refractivity contribution >= 4 is 162 Å². The molecule has 0 aliphatic rings. The molecule has 44 heteroatoms. The smallest absolute Gasteiger partial charge is 0.744 e. The molecule has 6 aromatic rings. The second-order valence-corrected chi connectivity index (χ2v) is 24.2. The molecule has 5 aromatic carbocycles. The van der Waals surface area contributed by atoms with E-state index in [1.54, 1.807) is 0 Å². The Bertz CT molecular complexity index is 4180. The Labute approximate surface area is 577 Å². The van der Waals surface area contributed by atoms with Crippen LogP contribution in [0.4, 0.5) is 57.4 Å². The first-order chi connectivity index (χ1) is 34.5. The van der Waals surface area contributed by atoms with Crippen molar-refractivity contribution in [1.82, 2.24) is 15.0 Å². The Morgan fingerprint density at radius 1 is 0.625 bits per heavy atom. The van der Waals surface area contributed by atoms with Crippen LogP contribution in [0.2, 0.25) is 5.28 Å². The van der Waals surface area contributed by atoms with Crippen LogP contribution in [-0.4, -0.2) is 112 Å². The fraction of sp³-hybridized carbons (Fsp3) is 0.0556. The molecule has 0 bridgehead atoms. The van der Waals surface area contributed by atoms with Crippen molar-refractivity contribution in [2.45, 2.75) is 24.5 Å². The summed E-state index contributed by atoms with van der Waals surface area (Å²) in [6.45, 7) is 2.40. The van der Waals surface area contributed by atoms with Gasteiger partial charge in [0.25, 0.3) is 5.91 Å². The van der Waals surface area contributed by atoms with E-state index in [2.05, 4.69) is 78.1 Å². The number of azo groups is 2. The summed E-state index contributed by atoms with van der Waals surface area (Å²) in [4.78, 5) is 18.5. The summed E-state index contributed by atoms with van der Waals surface area (Å²) >= 11 is 8.89. The number of hydrogen-bond donors (Lipinski definition) is 5. The number of phenols is 1. The second-order valence-electron chi connectivity index (χ2n) is 14.3. The van der Waals surface area contributed by atoms with Crippen molar-refractivity contribution < 1.29 is 235 Å². The molecule has 0 radical (unpaired) electrons. The van der Waals surface area contributed by atoms with Gasteiger partial charge in [0.2, 0.25) is 27.6 Å². The number of aromatic hydroxyl groups is 1. The number of fused-ring (bicyclic) bond motifs is 1. The van der Waals surface area contributed by atoms with Crippen molar-refractivity contribution in [3.05, 3.63) is 89.1 Å². The first kappa shape index (κ1) is 76.2. The molecule has 0 saturated heterocycles. The molecule has 0 saturated carbocycles. The zero-order valence-electron chi connectivity index (χ0n) is 41.2. The molecule has 0 unspecified atom stereocenters. The number of amides is 1. The van der Waals surface area contributed by atoms with Crippen LogP contribution in [0.3, 0.4) is 0 Å². The fourth-order valence-corrected chi connectivity index (χ4v) is 10.3. The van der Waals surface area contributed by atoms with Crippen LogP contribution in [-0.2, 0) is 69.7 Å². The number of nitrogen functional groups attached to an aromatic ring is 1. The van der Waals surface area contributed by atoms with Gasteiger partial charge in [0.1, 0.15) is 63.2 Å². The zero-order chi connectivity index (χ0) is 55.8. The van der Waals surface area contributed by atoms with Gasteiger partial charge in [-0.25, -0.2) is 50.5 Å². The van der Waals surface area contributed by atoms with Crippen molar-refractivity contribution in [3.8, 4) is 5.75 Å². The molecule has 0 aliphatic carbocycles. The third-order valence-electron chi connectivity index (χ3n) is 9.24. The summed E-state index contributed by atoms with van der Waals surface area (Å²) in [6, 6.07) is 10.2. The Balaban J connectivity index is 0.00000640. The molecule has 0 fully saturated rings. The molecular formula is C36H24BrClN11Na5O20S6. The summed E-state index contributed by atoms with van der Waals surface area (Å²) < 4.78 is 210. The topological polar surface area (TPSA) is 517 Å². The van der Waals surface area contributed by atoms with Crippen LogP contribution < -0.4 is 169 Å². The molecule has 0 aliphatic heterocycles. The third kappa shape index (κ3) is 20.2. The number of carbonyl (C=O) groups is 1. The average molecular weight is 1350 g/mol. The molecule has 1 amide bonds. The Kier molecular flexibility index (Phi) is 28.6. The van der Waals surface area contributed by atoms with Crippen molar-refractivity contribution in [2.24, 2.45) is 20.5 Å². The molecule has 398 valence electrons. The predicted molar refractivity (Wildman–Crippen MR) is 255 cm³/mol. The van der Waals surface area contributed by atoms with Gasteiger partial charge in [-0.3, -0.25) is 8.98 Å². The molecular weight excluding hydrogens is 1330 g/mol. The van der Waals surface area contributed by atoms with Gasteiger partial charge in [0, 0.05) is 17.1 Å². The summed E-state index contributed by atoms with van der Waals surface area (Å²) in [5, 5.41) is 31.1. The molecule has 6 rings (SSSR count). The Hall–Kier alpha value is -1.79. The molecule has 31 nitrogen and oxygen atoms in total. The van der Waals surface area contributed by atoms with E-state index < -0.39 is 155 Å². The van der Waals surface area contributed by atoms with E-state index in [-0.39, 0.29) is 180 Å². The van der Waals surface area contributed by atoms with Crippen LogP contribution in [0.15, 0.2) is 129 Å². The number of carbonyl (C=O) groups excluding carboxylic acids is 1. The number of nitrogens with one attached hydrogen (secondary N) is 3. The average Bonchev–Trinajstić information content (AvgIpc) is 3.26. The Morgan fingerprint density at radius 3 is 1.51 bits per heavy atom. The van der Waals surface area contributed by atoms with E-state index in [9.17, 15) is 83.2 Å². The maximum atomic E-state index is 12.6. The van der Waals surface area contributed by atoms with Crippen molar-refractivity contribution in [1.29, 1.82) is 0 Å². The maximum Gasteiger partial charge on any atom is 1.00 e. The van der Waals surface area contributed by atoms with Gasteiger partial charge in [-0.1, -0.05) is 6.58 Å². The first-order valence-corrected chi connectivity index (χ1v) is 28.9. The molecule has 0 atom stereocenters. The van der Waals surface area contributed by atoms with E-state index in [1.807, 2.05) is 0 Å². The summed E-state index contributed by atoms with van der Waals surface area (Å²) in [5.41, 5.74) is 0.443. The van der Waals surface area contributed by atoms with Gasteiger partial charge in [0.15, 0.2) is 15.6 Å². The van der Waals surface area contributed by atoms with Gasteiger partial charge >= 0.3 is 148 Å². The van der Waals surface area contributed by atoms with Crippen molar-refractivity contribution in [3.63, 3.8) is 0 Å². The minimum atomic E-state index is -5.83. The van der Waals surface area contributed by atoms with E-state index in [0.717, 1.165) is 36.4 Å². The minimum absolute atomic E-state index is 0. The minimum Gasteiger partial charge on any atom is -0.744 e. The summed E-state index contributed by atoms with van der Waals surface area (Å²) in [5.74, 6) is -3.89. The number of aromatic nitrogens is 3. The van der Waals surface area contributed by atoms with E-state index in [0.29, 0.717) is 24.3 Å². The number of benzene rings is 5. The second kappa shape index (κ2) is 30.0. The number of nitrogens with zero attached hydrogens (tertiary/aromatic N) is 7. The number of nitrogens with two attached hydrogens (primary N) is 1. The third-order valence-corrected chi connectivity index (χ3v) is 15.4. The van der Waals surface area contributed by atoms with Crippen LogP contribution in [0, 0.1) is 0 Å². The van der Waals surface area contributed by atoms with Crippen LogP contribution in [0.5, 0.6) is 5.75 Å². The predicted octanol–water partition coefficient (Wildman–Crippen LogP) is -11.0. The van der Waals surface area contributed by atoms with Crippen LogP contribution in [0.25, 0.3) is 10.8 Å². The maximum absolute atomic E-state index is 12.6. The first-order valence-electron chi connectivity index (χ1n) is 19.1. The standard InChI is InChI=1S/C36H29BrClN11O20S6.5Na/c1-16(37)33(51)40-19-4-8-24(71(54,55)56)22(14-19)46-48-30-26(73(60,61)62)12-17-13-27(74(63,64)65)31(32(50)28(17)29(30)39)49-47-23-15-20(5-9-25(23)72(57,58)59)42-36-44-34(38)43-35(45-36)41-18-2-6-21(7-3-18)70(52,53)11-10-69-75(66,67)68;;;;;/h2-9,12-15,50H,1,10-11,39H2,(H,40,51)(H,54,55,56)(H,57,58,59)(H,60,61,62)(H,63,64,65)(H,66,67,68)(H2,41,42,43,44,45);;;;;/q;5*+1/p-5. The number of sulfone groups is 1. The number of phenolic OH excluding ortho intramolecular Hbond substituents is 1. The number of halogens is 2. The van der Waals surface area contributed by atoms with Crippen LogP contribution >= 0.6 is 27.5 Å². The van der Waals surface area contributed by atoms with E-state index in [1.165, 1.54) is 12.1 Å². The molecule has 6 N–H and O–H groups in total.